The highest BCUT2D eigenvalue weighted by atomic mass is 79.9. The van der Waals surface area contributed by atoms with Crippen LogP contribution < -0.4 is 19.7 Å². The van der Waals surface area contributed by atoms with Crippen molar-refractivity contribution in [3.63, 3.8) is 0 Å². The molecule has 1 N–H and O–H groups in total. The lowest BCUT2D eigenvalue weighted by molar-refractivity contribution is -0.385. The molecule has 0 radical (unpaired) electrons. The van der Waals surface area contributed by atoms with Crippen LogP contribution in [0.15, 0.2) is 58.6 Å². The Bertz CT molecular complexity index is 1660. The number of nitrogens with zero attached hydrogens (tertiary/aromatic N) is 2. The molecule has 4 rings (SSSR count). The molecule has 3 aromatic carbocycles. The third-order valence-corrected chi connectivity index (χ3v) is 6.84. The lowest BCUT2D eigenvalue weighted by Gasteiger charge is -2.27. The first-order valence-electron chi connectivity index (χ1n) is 11.3. The van der Waals surface area contributed by atoms with Crippen molar-refractivity contribution in [2.75, 3.05) is 12.0 Å². The van der Waals surface area contributed by atoms with E-state index in [1.54, 1.807) is 13.0 Å². The first-order valence-corrected chi connectivity index (χ1v) is 12.5. The fraction of sp³-hybridized carbons (Fsp3) is 0.115. The van der Waals surface area contributed by atoms with Crippen LogP contribution in [0.25, 0.3) is 6.08 Å². The summed E-state index contributed by atoms with van der Waals surface area (Å²) < 4.78 is 50.2. The van der Waals surface area contributed by atoms with E-state index in [2.05, 4.69) is 21.2 Å². The van der Waals surface area contributed by atoms with Crippen LogP contribution in [0, 0.1) is 17.0 Å². The van der Waals surface area contributed by atoms with Crippen molar-refractivity contribution >= 4 is 62.8 Å². The molecule has 0 atom stereocenters. The van der Waals surface area contributed by atoms with Crippen LogP contribution in [-0.4, -0.2) is 29.9 Å². The molecule has 0 aliphatic carbocycles. The number of ether oxygens (including phenoxy) is 2. The number of nitro benzene ring substituents is 1. The third-order valence-electron chi connectivity index (χ3n) is 5.84. The van der Waals surface area contributed by atoms with Gasteiger partial charge >= 0.3 is 17.9 Å². The van der Waals surface area contributed by atoms with Crippen LogP contribution in [-0.2, 0) is 15.8 Å². The predicted octanol–water partition coefficient (Wildman–Crippen LogP) is 6.81. The number of urea groups is 1. The Morgan fingerprint density at radius 2 is 1.80 bits per heavy atom. The SMILES string of the molecule is COc1cc(/C=C2\C(=O)NC(=O)N(c3cccc(Cl)c3C)C2=O)cc(Br)c1Oc1ccc(C(F)(F)F)cc1[N+](=O)[O-]. The summed E-state index contributed by atoms with van der Waals surface area (Å²) in [6.45, 7) is 1.60. The van der Waals surface area contributed by atoms with Crippen molar-refractivity contribution in [1.29, 1.82) is 0 Å². The highest BCUT2D eigenvalue weighted by Gasteiger charge is 2.38. The van der Waals surface area contributed by atoms with Gasteiger partial charge in [-0.2, -0.15) is 13.2 Å². The first kappa shape index (κ1) is 29.6. The monoisotopic (exact) mass is 653 g/mol. The van der Waals surface area contributed by atoms with Crippen molar-refractivity contribution in [3.8, 4) is 17.2 Å². The molecule has 0 bridgehead atoms. The number of anilines is 1. The molecule has 0 unspecified atom stereocenters. The molecule has 4 amide bonds. The van der Waals surface area contributed by atoms with Gasteiger partial charge in [0.15, 0.2) is 11.5 Å². The Hall–Kier alpha value is -4.43. The summed E-state index contributed by atoms with van der Waals surface area (Å²) in [5.74, 6) is -2.58. The highest BCUT2D eigenvalue weighted by Crippen LogP contribution is 2.44. The lowest BCUT2D eigenvalue weighted by Crippen LogP contribution is -2.54. The van der Waals surface area contributed by atoms with Crippen molar-refractivity contribution in [2.24, 2.45) is 0 Å². The van der Waals surface area contributed by atoms with Gasteiger partial charge in [0, 0.05) is 11.1 Å². The molecule has 1 heterocycles. The molecule has 41 heavy (non-hydrogen) atoms. The van der Waals surface area contributed by atoms with Gasteiger partial charge in [0.1, 0.15) is 5.57 Å². The van der Waals surface area contributed by atoms with Gasteiger partial charge in [-0.15, -0.1) is 0 Å². The Labute approximate surface area is 242 Å². The quantitative estimate of drug-likeness (QED) is 0.134. The number of benzene rings is 3. The minimum absolute atomic E-state index is 0.0531. The standard InChI is InChI=1S/C26H16BrClF3N3O7/c1-12-17(28)4-3-5-18(12)33-24(36)15(23(35)32-25(33)37)8-13-9-16(27)22(21(10-13)40-2)41-20-7-6-14(26(29,30)31)11-19(20)34(38)39/h3-11H,1-2H3,(H,32,35,37)/b15-8+. The zero-order valence-corrected chi connectivity index (χ0v) is 23.2. The number of hydrogen-bond donors (Lipinski definition) is 1. The topological polar surface area (TPSA) is 128 Å². The maximum atomic E-state index is 13.3. The molecule has 10 nitrogen and oxygen atoms in total. The summed E-state index contributed by atoms with van der Waals surface area (Å²) in [7, 11) is 1.23. The Kier molecular flexibility index (Phi) is 8.08. The van der Waals surface area contributed by atoms with Crippen molar-refractivity contribution < 1.29 is 42.0 Å². The largest absolute Gasteiger partial charge is 0.493 e. The summed E-state index contributed by atoms with van der Waals surface area (Å²) >= 11 is 9.36. The maximum absolute atomic E-state index is 13.3. The zero-order chi connectivity index (χ0) is 30.2. The van der Waals surface area contributed by atoms with E-state index >= 15 is 0 Å². The van der Waals surface area contributed by atoms with Crippen LogP contribution in [0.3, 0.4) is 0 Å². The van der Waals surface area contributed by atoms with Gasteiger partial charge in [-0.25, -0.2) is 9.69 Å². The Morgan fingerprint density at radius 1 is 1.10 bits per heavy atom. The minimum Gasteiger partial charge on any atom is -0.493 e. The Balaban J connectivity index is 1.73. The van der Waals surface area contributed by atoms with Gasteiger partial charge < -0.3 is 9.47 Å². The van der Waals surface area contributed by atoms with E-state index in [1.165, 1.54) is 37.5 Å². The van der Waals surface area contributed by atoms with E-state index in [0.717, 1.165) is 11.0 Å². The number of imide groups is 2. The van der Waals surface area contributed by atoms with Crippen LogP contribution in [0.2, 0.25) is 5.02 Å². The second kappa shape index (κ2) is 11.2. The molecule has 212 valence electrons. The van der Waals surface area contributed by atoms with Crippen LogP contribution in [0.5, 0.6) is 17.2 Å². The van der Waals surface area contributed by atoms with Gasteiger partial charge in [-0.3, -0.25) is 25.0 Å². The van der Waals surface area contributed by atoms with Crippen LogP contribution >= 0.6 is 27.5 Å². The summed E-state index contributed by atoms with van der Waals surface area (Å²) in [5, 5.41) is 13.9. The number of alkyl halides is 3. The predicted molar refractivity (Wildman–Crippen MR) is 144 cm³/mol. The molecule has 0 saturated carbocycles. The molecule has 1 aliphatic rings. The number of carbonyl (C=O) groups excluding carboxylic acids is 3. The number of rotatable bonds is 6. The average molecular weight is 655 g/mol. The summed E-state index contributed by atoms with van der Waals surface area (Å²) in [6, 6.07) is 8.08. The van der Waals surface area contributed by atoms with Gasteiger partial charge in [0.25, 0.3) is 11.8 Å². The Morgan fingerprint density at radius 3 is 2.44 bits per heavy atom. The van der Waals surface area contributed by atoms with Crippen molar-refractivity contribution in [1.82, 2.24) is 5.32 Å². The molecule has 1 aliphatic heterocycles. The number of nitrogens with one attached hydrogen (secondary N) is 1. The smallest absolute Gasteiger partial charge is 0.416 e. The first-order chi connectivity index (χ1) is 19.2. The summed E-state index contributed by atoms with van der Waals surface area (Å²) in [5.41, 5.74) is -1.79. The molecule has 15 heteroatoms. The number of hydrogen-bond acceptors (Lipinski definition) is 7. The van der Waals surface area contributed by atoms with E-state index in [0.29, 0.717) is 22.7 Å². The van der Waals surface area contributed by atoms with Gasteiger partial charge in [-0.05, 0) is 76.5 Å². The maximum Gasteiger partial charge on any atom is 0.416 e. The van der Waals surface area contributed by atoms with Crippen molar-refractivity contribution in [3.05, 3.63) is 90.4 Å². The fourth-order valence-electron chi connectivity index (χ4n) is 3.84. The van der Waals surface area contributed by atoms with Gasteiger partial charge in [-0.1, -0.05) is 17.7 Å². The molecular weight excluding hydrogens is 639 g/mol. The minimum atomic E-state index is -4.81. The number of amides is 4. The van der Waals surface area contributed by atoms with Gasteiger partial charge in [0.2, 0.25) is 5.75 Å². The highest BCUT2D eigenvalue weighted by molar-refractivity contribution is 9.10. The number of nitro groups is 1. The van der Waals surface area contributed by atoms with E-state index < -0.39 is 51.5 Å². The molecular formula is C26H16BrClF3N3O7. The molecule has 0 spiro atoms. The summed E-state index contributed by atoms with van der Waals surface area (Å²) in [6.07, 6.45) is -3.64. The molecule has 1 saturated heterocycles. The van der Waals surface area contributed by atoms with E-state index in [9.17, 15) is 37.7 Å². The lowest BCUT2D eigenvalue weighted by atomic mass is 10.1. The average Bonchev–Trinajstić information content (AvgIpc) is 2.89. The normalized spacial score (nSPS) is 14.8. The van der Waals surface area contributed by atoms with Crippen LogP contribution in [0.4, 0.5) is 29.3 Å². The second-order valence-corrected chi connectivity index (χ2v) is 9.68. The van der Waals surface area contributed by atoms with Crippen LogP contribution in [0.1, 0.15) is 16.7 Å². The summed E-state index contributed by atoms with van der Waals surface area (Å²) in [4.78, 5) is 49.6. The number of barbiturate groups is 1. The zero-order valence-electron chi connectivity index (χ0n) is 20.8. The third kappa shape index (κ3) is 5.88. The van der Waals surface area contributed by atoms with Crippen molar-refractivity contribution in [2.45, 2.75) is 13.1 Å². The van der Waals surface area contributed by atoms with E-state index in [-0.39, 0.29) is 27.2 Å². The van der Waals surface area contributed by atoms with Gasteiger partial charge in [0.05, 0.1) is 27.8 Å². The number of carbonyl (C=O) groups is 3. The number of halogens is 5. The van der Waals surface area contributed by atoms with E-state index in [1.807, 2.05) is 0 Å². The molecule has 0 aromatic heterocycles. The van der Waals surface area contributed by atoms with E-state index in [4.69, 9.17) is 21.1 Å². The molecule has 1 fully saturated rings. The number of methoxy groups -OCH3 is 1. The fourth-order valence-corrected chi connectivity index (χ4v) is 4.55. The second-order valence-electron chi connectivity index (χ2n) is 8.42. The molecule has 3 aromatic rings.